The molecule has 0 fully saturated rings. The number of nitrogens with zero attached hydrogens (tertiary/aromatic N) is 1. The van der Waals surface area contributed by atoms with E-state index in [1.807, 2.05) is 0 Å². The van der Waals surface area contributed by atoms with Crippen molar-refractivity contribution in [2.75, 3.05) is 0 Å². The van der Waals surface area contributed by atoms with Gasteiger partial charge >= 0.3 is 145 Å². The average Bonchev–Trinajstić information content (AvgIpc) is 2.45. The standard InChI is InChI=1S/C21H31GeN/c1-15(2)11-19-13-21(23-14-20(19)22(5,6)7)18-10-8-9-17(12-18)16(3)4/h8-10,12-16H,11H2,1-7H3. The predicted octanol–water partition coefficient (Wildman–Crippen LogP) is 5.62. The van der Waals surface area contributed by atoms with Gasteiger partial charge in [-0.25, -0.2) is 0 Å². The van der Waals surface area contributed by atoms with Crippen molar-refractivity contribution in [1.82, 2.24) is 4.98 Å². The second-order valence-corrected chi connectivity index (χ2v) is 18.9. The Kier molecular flexibility index (Phi) is 5.72. The van der Waals surface area contributed by atoms with E-state index >= 15 is 0 Å². The Hall–Kier alpha value is -1.09. The van der Waals surface area contributed by atoms with E-state index in [0.29, 0.717) is 11.8 Å². The van der Waals surface area contributed by atoms with E-state index in [4.69, 9.17) is 4.98 Å². The molecule has 2 heteroatoms. The second kappa shape index (κ2) is 7.21. The summed E-state index contributed by atoms with van der Waals surface area (Å²) in [4.78, 5) is 4.83. The van der Waals surface area contributed by atoms with Crippen LogP contribution in [0, 0.1) is 5.92 Å². The van der Waals surface area contributed by atoms with Gasteiger partial charge in [-0.1, -0.05) is 0 Å². The molecule has 0 saturated heterocycles. The number of benzene rings is 1. The van der Waals surface area contributed by atoms with Crippen molar-refractivity contribution in [2.24, 2.45) is 5.92 Å². The van der Waals surface area contributed by atoms with Crippen molar-refractivity contribution >= 4 is 17.7 Å². The zero-order valence-electron chi connectivity index (χ0n) is 15.8. The van der Waals surface area contributed by atoms with Crippen LogP contribution in [0.5, 0.6) is 0 Å². The molecule has 0 atom stereocenters. The first kappa shape index (κ1) is 18.3. The molecular formula is C21H31GeN. The Labute approximate surface area is 144 Å². The summed E-state index contributed by atoms with van der Waals surface area (Å²) in [5.74, 6) is 8.60. The number of pyridine rings is 1. The third-order valence-electron chi connectivity index (χ3n) is 4.27. The van der Waals surface area contributed by atoms with Crippen molar-refractivity contribution in [3.05, 3.63) is 47.7 Å². The molecule has 2 aromatic rings. The van der Waals surface area contributed by atoms with Gasteiger partial charge in [0.25, 0.3) is 0 Å². The van der Waals surface area contributed by atoms with Gasteiger partial charge in [-0.05, 0) is 0 Å². The fourth-order valence-corrected chi connectivity index (χ4v) is 6.33. The zero-order chi connectivity index (χ0) is 17.2. The molecule has 23 heavy (non-hydrogen) atoms. The van der Waals surface area contributed by atoms with Crippen molar-refractivity contribution in [3.8, 4) is 11.3 Å². The first-order chi connectivity index (χ1) is 10.7. The first-order valence-electron chi connectivity index (χ1n) is 8.78. The maximum absolute atomic E-state index is 4.83. The van der Waals surface area contributed by atoms with Crippen LogP contribution in [0.25, 0.3) is 11.3 Å². The monoisotopic (exact) mass is 371 g/mol. The fraction of sp³-hybridized carbons (Fsp3) is 0.476. The van der Waals surface area contributed by atoms with E-state index in [1.54, 1.807) is 4.40 Å². The van der Waals surface area contributed by atoms with Crippen LogP contribution in [0.2, 0.25) is 17.3 Å². The molecular weight excluding hydrogens is 339 g/mol. The number of hydrogen-bond donors (Lipinski definition) is 0. The first-order valence-corrected chi connectivity index (χ1v) is 16.1. The van der Waals surface area contributed by atoms with Crippen LogP contribution in [0.1, 0.15) is 44.7 Å². The third kappa shape index (κ3) is 4.70. The number of rotatable bonds is 5. The van der Waals surface area contributed by atoms with Gasteiger partial charge in [0.15, 0.2) is 0 Å². The Morgan fingerprint density at radius 1 is 1.00 bits per heavy atom. The summed E-state index contributed by atoms with van der Waals surface area (Å²) in [6, 6.07) is 11.2. The zero-order valence-corrected chi connectivity index (χ0v) is 17.9. The summed E-state index contributed by atoms with van der Waals surface area (Å²) < 4.78 is 1.56. The van der Waals surface area contributed by atoms with Gasteiger partial charge in [-0.2, -0.15) is 0 Å². The SMILES string of the molecule is CC(C)Cc1cc(-c2cccc(C(C)C)c2)nc[c]1[Ge]([CH3])([CH3])[CH3]. The number of aromatic nitrogens is 1. The van der Waals surface area contributed by atoms with Crippen LogP contribution in [-0.4, -0.2) is 18.3 Å². The summed E-state index contributed by atoms with van der Waals surface area (Å²) in [6.45, 7) is 9.10. The van der Waals surface area contributed by atoms with E-state index in [1.165, 1.54) is 16.7 Å². The van der Waals surface area contributed by atoms with Gasteiger partial charge in [-0.3, -0.25) is 0 Å². The molecule has 1 nitrogen and oxygen atoms in total. The summed E-state index contributed by atoms with van der Waals surface area (Å²) >= 11 is -1.88. The maximum atomic E-state index is 4.83. The van der Waals surface area contributed by atoms with E-state index < -0.39 is 13.3 Å². The van der Waals surface area contributed by atoms with Gasteiger partial charge in [0.1, 0.15) is 0 Å². The van der Waals surface area contributed by atoms with E-state index in [2.05, 4.69) is 81.5 Å². The molecule has 1 heterocycles. The van der Waals surface area contributed by atoms with Gasteiger partial charge in [-0.15, -0.1) is 0 Å². The second-order valence-electron chi connectivity index (χ2n) is 8.35. The molecule has 0 radical (unpaired) electrons. The van der Waals surface area contributed by atoms with Gasteiger partial charge < -0.3 is 0 Å². The Morgan fingerprint density at radius 3 is 2.26 bits per heavy atom. The molecule has 0 saturated carbocycles. The molecule has 2 rings (SSSR count). The molecule has 0 unspecified atom stereocenters. The molecule has 0 aliphatic carbocycles. The van der Waals surface area contributed by atoms with E-state index in [-0.39, 0.29) is 0 Å². The minimum absolute atomic E-state index is 0.550. The van der Waals surface area contributed by atoms with Crippen molar-refractivity contribution in [1.29, 1.82) is 0 Å². The molecule has 0 aliphatic rings. The average molecular weight is 370 g/mol. The molecule has 0 bridgehead atoms. The third-order valence-corrected chi connectivity index (χ3v) is 8.61. The Balaban J connectivity index is 2.50. The predicted molar refractivity (Wildman–Crippen MR) is 105 cm³/mol. The fourth-order valence-electron chi connectivity index (χ4n) is 3.00. The van der Waals surface area contributed by atoms with Crippen molar-refractivity contribution in [3.63, 3.8) is 0 Å². The van der Waals surface area contributed by atoms with E-state index in [9.17, 15) is 0 Å². The quantitative estimate of drug-likeness (QED) is 0.623. The van der Waals surface area contributed by atoms with Crippen LogP contribution in [0.4, 0.5) is 0 Å². The Morgan fingerprint density at radius 2 is 1.70 bits per heavy atom. The molecule has 0 amide bonds. The van der Waals surface area contributed by atoms with Crippen LogP contribution >= 0.6 is 0 Å². The summed E-state index contributed by atoms with van der Waals surface area (Å²) in [6.07, 6.45) is 3.33. The van der Waals surface area contributed by atoms with Crippen LogP contribution in [0.3, 0.4) is 0 Å². The summed E-state index contributed by atoms with van der Waals surface area (Å²) in [5, 5.41) is 0. The topological polar surface area (TPSA) is 12.9 Å². The van der Waals surface area contributed by atoms with E-state index in [0.717, 1.165) is 12.1 Å². The molecule has 0 spiro atoms. The molecule has 1 aromatic carbocycles. The van der Waals surface area contributed by atoms with Crippen LogP contribution < -0.4 is 4.40 Å². The van der Waals surface area contributed by atoms with Crippen molar-refractivity contribution < 1.29 is 0 Å². The van der Waals surface area contributed by atoms with Crippen molar-refractivity contribution in [2.45, 2.75) is 57.3 Å². The molecule has 0 aliphatic heterocycles. The summed E-state index contributed by atoms with van der Waals surface area (Å²) in [7, 11) is 0. The molecule has 0 N–H and O–H groups in total. The summed E-state index contributed by atoms with van der Waals surface area (Å²) in [5.41, 5.74) is 5.27. The van der Waals surface area contributed by atoms with Gasteiger partial charge in [0.05, 0.1) is 0 Å². The minimum atomic E-state index is -1.88. The van der Waals surface area contributed by atoms with Gasteiger partial charge in [0, 0.05) is 0 Å². The number of hydrogen-bond acceptors (Lipinski definition) is 1. The van der Waals surface area contributed by atoms with Crippen LogP contribution in [-0.2, 0) is 6.42 Å². The van der Waals surface area contributed by atoms with Gasteiger partial charge in [0.2, 0.25) is 0 Å². The molecule has 1 aromatic heterocycles. The normalized spacial score (nSPS) is 12.2. The Bertz CT molecular complexity index is 666. The molecule has 124 valence electrons. The van der Waals surface area contributed by atoms with Crippen LogP contribution in [0.15, 0.2) is 36.5 Å².